The summed E-state index contributed by atoms with van der Waals surface area (Å²) in [6.07, 6.45) is 2.39. The minimum absolute atomic E-state index is 0.296. The van der Waals surface area contributed by atoms with Crippen molar-refractivity contribution in [3.63, 3.8) is 0 Å². The monoisotopic (exact) mass is 288 g/mol. The maximum Gasteiger partial charge on any atom is 0.342 e. The van der Waals surface area contributed by atoms with E-state index in [1.54, 1.807) is 17.7 Å². The van der Waals surface area contributed by atoms with Crippen molar-refractivity contribution >= 4 is 11.7 Å². The van der Waals surface area contributed by atoms with Crippen molar-refractivity contribution in [1.29, 1.82) is 0 Å². The number of nitrogens with zero attached hydrogens (tertiary/aromatic N) is 3. The Morgan fingerprint density at radius 1 is 1.38 bits per heavy atom. The summed E-state index contributed by atoms with van der Waals surface area (Å²) in [5.41, 5.74) is 9.54. The Balaban J connectivity index is 2.61. The fraction of sp³-hybridized carbons (Fsp3) is 0.400. The molecule has 0 fully saturated rings. The molecule has 0 unspecified atom stereocenters. The van der Waals surface area contributed by atoms with Crippen LogP contribution in [0.1, 0.15) is 41.2 Å². The first-order chi connectivity index (χ1) is 9.99. The molecule has 2 aromatic heterocycles. The van der Waals surface area contributed by atoms with Gasteiger partial charge in [-0.15, -0.1) is 0 Å². The third-order valence-corrected chi connectivity index (χ3v) is 3.38. The second kappa shape index (κ2) is 5.95. The maximum atomic E-state index is 12.1. The molecular weight excluding hydrogens is 268 g/mol. The van der Waals surface area contributed by atoms with E-state index in [9.17, 15) is 4.79 Å². The topological polar surface area (TPSA) is 83.0 Å². The number of rotatable bonds is 4. The van der Waals surface area contributed by atoms with Gasteiger partial charge in [0.25, 0.3) is 0 Å². The number of aryl methyl sites for hydroxylation is 1. The molecule has 0 bridgehead atoms. The molecule has 0 saturated carbocycles. The molecule has 2 N–H and O–H groups in total. The molecule has 0 spiro atoms. The van der Waals surface area contributed by atoms with Gasteiger partial charge in [0.1, 0.15) is 5.56 Å². The maximum absolute atomic E-state index is 12.1. The lowest BCUT2D eigenvalue weighted by Crippen LogP contribution is -2.14. The third kappa shape index (κ3) is 2.74. The van der Waals surface area contributed by atoms with E-state index in [4.69, 9.17) is 10.5 Å². The van der Waals surface area contributed by atoms with Gasteiger partial charge in [-0.1, -0.05) is 6.92 Å². The van der Waals surface area contributed by atoms with Gasteiger partial charge in [0.15, 0.2) is 5.82 Å². The van der Waals surface area contributed by atoms with E-state index in [1.807, 2.05) is 13.8 Å². The number of carbonyl (C=O) groups excluding carboxylic acids is 1. The van der Waals surface area contributed by atoms with E-state index in [0.717, 1.165) is 23.4 Å². The first-order valence-electron chi connectivity index (χ1n) is 6.97. The highest BCUT2D eigenvalue weighted by molar-refractivity contribution is 5.93. The number of nitrogens with two attached hydrogens (primary N) is 1. The molecule has 0 aromatic carbocycles. The second-order valence-electron chi connectivity index (χ2n) is 4.78. The zero-order valence-corrected chi connectivity index (χ0v) is 12.8. The lowest BCUT2D eigenvalue weighted by Gasteiger charge is -2.10. The van der Waals surface area contributed by atoms with E-state index in [2.05, 4.69) is 17.0 Å². The van der Waals surface area contributed by atoms with Gasteiger partial charge in [0.05, 0.1) is 24.2 Å². The number of carbonyl (C=O) groups is 1. The first kappa shape index (κ1) is 15.0. The van der Waals surface area contributed by atoms with Crippen molar-refractivity contribution in [2.45, 2.75) is 34.1 Å². The Labute approximate surface area is 123 Å². The Bertz CT molecular complexity index is 677. The summed E-state index contributed by atoms with van der Waals surface area (Å²) >= 11 is 0. The van der Waals surface area contributed by atoms with Crippen LogP contribution >= 0.6 is 0 Å². The average molecular weight is 288 g/mol. The molecule has 0 aliphatic heterocycles. The number of pyridine rings is 1. The summed E-state index contributed by atoms with van der Waals surface area (Å²) in [6, 6.07) is 1.57. The van der Waals surface area contributed by atoms with Gasteiger partial charge >= 0.3 is 5.97 Å². The van der Waals surface area contributed by atoms with Crippen LogP contribution in [0.3, 0.4) is 0 Å². The van der Waals surface area contributed by atoms with Crippen LogP contribution in [0.4, 0.5) is 5.69 Å². The van der Waals surface area contributed by atoms with E-state index in [-0.39, 0.29) is 0 Å². The molecule has 0 atom stereocenters. The number of hydrogen-bond acceptors (Lipinski definition) is 5. The van der Waals surface area contributed by atoms with E-state index in [0.29, 0.717) is 23.7 Å². The first-order valence-corrected chi connectivity index (χ1v) is 6.97. The summed E-state index contributed by atoms with van der Waals surface area (Å²) in [5, 5.41) is 4.49. The summed E-state index contributed by atoms with van der Waals surface area (Å²) in [5.74, 6) is 0.000788. The van der Waals surface area contributed by atoms with Crippen LogP contribution in [0.5, 0.6) is 0 Å². The second-order valence-corrected chi connectivity index (χ2v) is 4.78. The highest BCUT2D eigenvalue weighted by Gasteiger charge is 2.20. The Kier molecular flexibility index (Phi) is 4.26. The van der Waals surface area contributed by atoms with Crippen molar-refractivity contribution in [3.05, 3.63) is 34.8 Å². The van der Waals surface area contributed by atoms with Gasteiger partial charge in [-0.25, -0.2) is 14.5 Å². The van der Waals surface area contributed by atoms with E-state index < -0.39 is 5.97 Å². The minimum atomic E-state index is -0.446. The molecule has 2 rings (SSSR count). The molecule has 6 nitrogen and oxygen atoms in total. The van der Waals surface area contributed by atoms with Crippen LogP contribution in [-0.2, 0) is 11.2 Å². The Morgan fingerprint density at radius 2 is 2.10 bits per heavy atom. The molecule has 21 heavy (non-hydrogen) atoms. The quantitative estimate of drug-likeness (QED) is 0.872. The standard InChI is InChI=1S/C15H20N4O2/c1-5-12-9(3)18-19(10(12)4)14-13(15(20)21-6-2)7-11(16)8-17-14/h7-8H,5-6,16H2,1-4H3. The van der Waals surface area contributed by atoms with Crippen LogP contribution in [0.2, 0.25) is 0 Å². The fourth-order valence-electron chi connectivity index (χ4n) is 2.39. The normalized spacial score (nSPS) is 10.7. The van der Waals surface area contributed by atoms with E-state index >= 15 is 0 Å². The molecule has 2 aromatic rings. The molecular formula is C15H20N4O2. The fourth-order valence-corrected chi connectivity index (χ4v) is 2.39. The highest BCUT2D eigenvalue weighted by Crippen LogP contribution is 2.21. The molecule has 2 heterocycles. The van der Waals surface area contributed by atoms with Gasteiger partial charge in [-0.3, -0.25) is 0 Å². The van der Waals surface area contributed by atoms with Crippen LogP contribution in [0.25, 0.3) is 5.82 Å². The van der Waals surface area contributed by atoms with Gasteiger partial charge < -0.3 is 10.5 Å². The van der Waals surface area contributed by atoms with Gasteiger partial charge in [-0.05, 0) is 38.8 Å². The van der Waals surface area contributed by atoms with Crippen LogP contribution < -0.4 is 5.73 Å². The Morgan fingerprint density at radius 3 is 2.67 bits per heavy atom. The number of ether oxygens (including phenoxy) is 1. The van der Waals surface area contributed by atoms with Gasteiger partial charge in [-0.2, -0.15) is 5.10 Å². The summed E-state index contributed by atoms with van der Waals surface area (Å²) in [7, 11) is 0. The van der Waals surface area contributed by atoms with Gasteiger partial charge in [0.2, 0.25) is 0 Å². The number of esters is 1. The predicted molar refractivity (Wildman–Crippen MR) is 80.6 cm³/mol. The zero-order valence-electron chi connectivity index (χ0n) is 12.8. The average Bonchev–Trinajstić information content (AvgIpc) is 2.73. The van der Waals surface area contributed by atoms with Crippen LogP contribution in [0.15, 0.2) is 12.3 Å². The predicted octanol–water partition coefficient (Wildman–Crippen LogP) is 2.21. The molecule has 0 aliphatic carbocycles. The Hall–Kier alpha value is -2.37. The smallest absolute Gasteiger partial charge is 0.342 e. The number of nitrogen functional groups attached to an aromatic ring is 1. The zero-order chi connectivity index (χ0) is 15.6. The third-order valence-electron chi connectivity index (χ3n) is 3.38. The van der Waals surface area contributed by atoms with Crippen LogP contribution in [0, 0.1) is 13.8 Å². The number of anilines is 1. The lowest BCUT2D eigenvalue weighted by atomic mass is 10.1. The van der Waals surface area contributed by atoms with Crippen molar-refractivity contribution in [2.24, 2.45) is 0 Å². The molecule has 0 radical (unpaired) electrons. The largest absolute Gasteiger partial charge is 0.462 e. The number of aromatic nitrogens is 3. The molecule has 0 saturated heterocycles. The van der Waals surface area contributed by atoms with Crippen LogP contribution in [-0.4, -0.2) is 27.3 Å². The van der Waals surface area contributed by atoms with E-state index in [1.165, 1.54) is 6.20 Å². The highest BCUT2D eigenvalue weighted by atomic mass is 16.5. The van der Waals surface area contributed by atoms with Crippen molar-refractivity contribution in [2.75, 3.05) is 12.3 Å². The molecule has 0 amide bonds. The van der Waals surface area contributed by atoms with Crippen molar-refractivity contribution in [1.82, 2.24) is 14.8 Å². The molecule has 0 aliphatic rings. The number of hydrogen-bond donors (Lipinski definition) is 1. The summed E-state index contributed by atoms with van der Waals surface area (Å²) < 4.78 is 6.75. The lowest BCUT2D eigenvalue weighted by molar-refractivity contribution is 0.0525. The summed E-state index contributed by atoms with van der Waals surface area (Å²) in [4.78, 5) is 16.4. The van der Waals surface area contributed by atoms with Gasteiger partial charge in [0, 0.05) is 5.69 Å². The van der Waals surface area contributed by atoms with Crippen molar-refractivity contribution in [3.8, 4) is 5.82 Å². The SMILES string of the molecule is CCOC(=O)c1cc(N)cnc1-n1nc(C)c(CC)c1C. The molecule has 112 valence electrons. The van der Waals surface area contributed by atoms with Crippen molar-refractivity contribution < 1.29 is 9.53 Å². The minimum Gasteiger partial charge on any atom is -0.462 e. The summed E-state index contributed by atoms with van der Waals surface area (Å²) in [6.45, 7) is 8.04. The molecule has 6 heteroatoms.